The van der Waals surface area contributed by atoms with Gasteiger partial charge in [0.15, 0.2) is 0 Å². The molecule has 4 heteroatoms. The van der Waals surface area contributed by atoms with E-state index in [-0.39, 0.29) is 19.2 Å². The molecule has 0 fully saturated rings. The molecule has 0 aromatic rings. The summed E-state index contributed by atoms with van der Waals surface area (Å²) in [7, 11) is 0. The Kier molecular flexibility index (Phi) is 49.6. The van der Waals surface area contributed by atoms with Gasteiger partial charge < -0.3 is 14.6 Å². The van der Waals surface area contributed by atoms with Gasteiger partial charge in [-0.1, -0.05) is 221 Å². The molecule has 1 N–H and O–H groups in total. The van der Waals surface area contributed by atoms with E-state index in [9.17, 15) is 9.90 Å². The predicted octanol–water partition coefficient (Wildman–Crippen LogP) is 17.1. The monoisotopic (exact) mass is 821 g/mol. The number of carbonyl (C=O) groups is 1. The van der Waals surface area contributed by atoms with E-state index in [0.717, 1.165) is 64.2 Å². The average Bonchev–Trinajstić information content (AvgIpc) is 3.24. The Balaban J connectivity index is 3.48. The molecule has 0 heterocycles. The fourth-order valence-corrected chi connectivity index (χ4v) is 6.97. The molecule has 0 aliphatic rings. The van der Waals surface area contributed by atoms with E-state index < -0.39 is 6.10 Å². The number of hydrogen-bond donors (Lipinski definition) is 1. The first kappa shape index (κ1) is 56.6. The maximum atomic E-state index is 12.2. The third kappa shape index (κ3) is 49.8. The Labute approximate surface area is 367 Å². The largest absolute Gasteiger partial charge is 0.457 e. The van der Waals surface area contributed by atoms with Gasteiger partial charge in [0.05, 0.1) is 13.2 Å². The second kappa shape index (κ2) is 51.7. The second-order valence-corrected chi connectivity index (χ2v) is 16.5. The number of esters is 1. The lowest BCUT2D eigenvalue weighted by Gasteiger charge is -2.15. The maximum absolute atomic E-state index is 12.2. The fraction of sp³-hybridized carbons (Fsp3) is 0.727. The summed E-state index contributed by atoms with van der Waals surface area (Å²) in [6.45, 7) is 5.20. The van der Waals surface area contributed by atoms with E-state index >= 15 is 0 Å². The molecule has 4 nitrogen and oxygen atoms in total. The Morgan fingerprint density at radius 3 is 1.17 bits per heavy atom. The van der Waals surface area contributed by atoms with Gasteiger partial charge in [-0.3, -0.25) is 4.79 Å². The predicted molar refractivity (Wildman–Crippen MR) is 260 cm³/mol. The number of ether oxygens (including phenoxy) is 2. The van der Waals surface area contributed by atoms with Crippen molar-refractivity contribution in [1.29, 1.82) is 0 Å². The molecule has 0 saturated heterocycles. The number of allylic oxidation sites excluding steroid dienone is 14. The lowest BCUT2D eigenvalue weighted by atomic mass is 10.0. The van der Waals surface area contributed by atoms with Crippen LogP contribution in [0.25, 0.3) is 0 Å². The standard InChI is InChI=1S/C55H96O4/c1-3-5-7-9-11-13-15-17-19-21-23-25-26-27-28-29-31-33-35-37-39-41-43-45-47-49-51-58-53-54(52-56)59-55(57)50-48-46-44-42-40-38-36-34-32-30-24-22-20-18-16-14-12-10-8-6-4-2/h6,8,12,14,18,20-21,23-24,30,34,36,40,42,54,56H,3-5,7,9-11,13,15-17,19,22,25-29,31-33,35,37-39,41,43-53H2,1-2H3/b8-6-,14-12-,20-18-,23-21-,30-24-,36-34-,42-40-. The van der Waals surface area contributed by atoms with Gasteiger partial charge in [-0.05, 0) is 89.9 Å². The number of rotatable bonds is 46. The lowest BCUT2D eigenvalue weighted by molar-refractivity contribution is -0.154. The fourth-order valence-electron chi connectivity index (χ4n) is 6.97. The van der Waals surface area contributed by atoms with Gasteiger partial charge >= 0.3 is 5.97 Å². The quantitative estimate of drug-likeness (QED) is 0.0378. The molecule has 0 amide bonds. The highest BCUT2D eigenvalue weighted by molar-refractivity contribution is 5.69. The van der Waals surface area contributed by atoms with Crippen molar-refractivity contribution in [2.24, 2.45) is 0 Å². The van der Waals surface area contributed by atoms with Gasteiger partial charge in [0, 0.05) is 13.0 Å². The van der Waals surface area contributed by atoms with E-state index in [1.807, 2.05) is 0 Å². The average molecular weight is 821 g/mol. The molecule has 0 rings (SSSR count). The maximum Gasteiger partial charge on any atom is 0.306 e. The molecule has 1 atom stereocenters. The van der Waals surface area contributed by atoms with E-state index in [4.69, 9.17) is 9.47 Å². The van der Waals surface area contributed by atoms with Crippen LogP contribution in [0.2, 0.25) is 0 Å². The summed E-state index contributed by atoms with van der Waals surface area (Å²) >= 11 is 0. The van der Waals surface area contributed by atoms with Crippen molar-refractivity contribution >= 4 is 5.97 Å². The van der Waals surface area contributed by atoms with Crippen LogP contribution in [0.15, 0.2) is 85.1 Å². The summed E-state index contributed by atoms with van der Waals surface area (Å²) in [5.41, 5.74) is 0. The second-order valence-electron chi connectivity index (χ2n) is 16.5. The highest BCUT2D eigenvalue weighted by Gasteiger charge is 2.13. The van der Waals surface area contributed by atoms with Crippen molar-refractivity contribution in [2.45, 2.75) is 238 Å². The minimum absolute atomic E-state index is 0.193. The Morgan fingerprint density at radius 2 is 0.763 bits per heavy atom. The van der Waals surface area contributed by atoms with Gasteiger partial charge in [-0.15, -0.1) is 0 Å². The van der Waals surface area contributed by atoms with Crippen LogP contribution in [0, 0.1) is 0 Å². The molecular formula is C55H96O4. The van der Waals surface area contributed by atoms with E-state index in [2.05, 4.69) is 98.9 Å². The highest BCUT2D eigenvalue weighted by atomic mass is 16.6. The number of carbonyl (C=O) groups excluding carboxylic acids is 1. The van der Waals surface area contributed by atoms with Crippen LogP contribution in [0.5, 0.6) is 0 Å². The molecule has 0 aliphatic carbocycles. The van der Waals surface area contributed by atoms with Crippen LogP contribution in [0.1, 0.15) is 232 Å². The number of hydrogen-bond acceptors (Lipinski definition) is 4. The minimum atomic E-state index is -0.563. The van der Waals surface area contributed by atoms with Crippen LogP contribution >= 0.6 is 0 Å². The molecule has 340 valence electrons. The number of unbranched alkanes of at least 4 members (excludes halogenated alkanes) is 24. The summed E-state index contributed by atoms with van der Waals surface area (Å²) in [6.07, 6.45) is 72.5. The summed E-state index contributed by atoms with van der Waals surface area (Å²) in [6, 6.07) is 0. The minimum Gasteiger partial charge on any atom is -0.457 e. The van der Waals surface area contributed by atoms with Crippen LogP contribution < -0.4 is 0 Å². The first-order valence-corrected chi connectivity index (χ1v) is 25.2. The van der Waals surface area contributed by atoms with Crippen molar-refractivity contribution in [3.8, 4) is 0 Å². The number of aliphatic hydroxyl groups is 1. The van der Waals surface area contributed by atoms with Gasteiger partial charge in [-0.2, -0.15) is 0 Å². The smallest absolute Gasteiger partial charge is 0.306 e. The van der Waals surface area contributed by atoms with Crippen molar-refractivity contribution in [1.82, 2.24) is 0 Å². The Hall–Kier alpha value is -2.43. The summed E-state index contributed by atoms with van der Waals surface area (Å²) in [4.78, 5) is 12.2. The molecule has 0 aromatic heterocycles. The molecule has 1 unspecified atom stereocenters. The van der Waals surface area contributed by atoms with Gasteiger partial charge in [0.2, 0.25) is 0 Å². The topological polar surface area (TPSA) is 55.8 Å². The van der Waals surface area contributed by atoms with Crippen LogP contribution in [0.3, 0.4) is 0 Å². The van der Waals surface area contributed by atoms with Crippen molar-refractivity contribution in [3.05, 3.63) is 85.1 Å². The Bertz CT molecular complexity index is 1050. The first-order valence-electron chi connectivity index (χ1n) is 25.2. The van der Waals surface area contributed by atoms with Crippen molar-refractivity contribution < 1.29 is 19.4 Å². The third-order valence-corrected chi connectivity index (χ3v) is 10.7. The zero-order chi connectivity index (χ0) is 42.6. The molecule has 0 aliphatic heterocycles. The van der Waals surface area contributed by atoms with Crippen molar-refractivity contribution in [3.63, 3.8) is 0 Å². The third-order valence-electron chi connectivity index (χ3n) is 10.7. The van der Waals surface area contributed by atoms with Gasteiger partial charge in [-0.25, -0.2) is 0 Å². The van der Waals surface area contributed by atoms with Gasteiger partial charge in [0.1, 0.15) is 6.10 Å². The summed E-state index contributed by atoms with van der Waals surface area (Å²) in [5.74, 6) is -0.242. The molecule has 0 saturated carbocycles. The molecule has 0 radical (unpaired) electrons. The summed E-state index contributed by atoms with van der Waals surface area (Å²) in [5, 5.41) is 9.64. The molecule has 0 spiro atoms. The zero-order valence-electron chi connectivity index (χ0n) is 39.0. The summed E-state index contributed by atoms with van der Waals surface area (Å²) < 4.78 is 11.2. The normalized spacial score (nSPS) is 13.1. The molecule has 0 bridgehead atoms. The Morgan fingerprint density at radius 1 is 0.424 bits per heavy atom. The van der Waals surface area contributed by atoms with Crippen LogP contribution in [-0.2, 0) is 14.3 Å². The van der Waals surface area contributed by atoms with E-state index in [0.29, 0.717) is 13.0 Å². The van der Waals surface area contributed by atoms with E-state index in [1.54, 1.807) is 0 Å². The van der Waals surface area contributed by atoms with Gasteiger partial charge in [0.25, 0.3) is 0 Å². The SMILES string of the molecule is CC/C=C\C/C=C\C/C=C\C/C=C\C/C=C\C/C=C\CCCCC(=O)OC(CO)COCCCCCCCCCCCCCCCC/C=C\CCCCCCCCCC. The number of aliphatic hydroxyl groups excluding tert-OH is 1. The molecular weight excluding hydrogens is 725 g/mol. The van der Waals surface area contributed by atoms with E-state index in [1.165, 1.54) is 148 Å². The van der Waals surface area contributed by atoms with Crippen molar-refractivity contribution in [2.75, 3.05) is 19.8 Å². The molecule has 59 heavy (non-hydrogen) atoms. The zero-order valence-corrected chi connectivity index (χ0v) is 39.0. The first-order chi connectivity index (χ1) is 29.2. The highest BCUT2D eigenvalue weighted by Crippen LogP contribution is 2.15. The lowest BCUT2D eigenvalue weighted by Crippen LogP contribution is -2.27. The molecule has 0 aromatic carbocycles. The van der Waals surface area contributed by atoms with Crippen LogP contribution in [0.4, 0.5) is 0 Å². The van der Waals surface area contributed by atoms with Crippen LogP contribution in [-0.4, -0.2) is 37.0 Å².